The number of fused-ring (bicyclic) bond motifs is 4. The number of pyridine rings is 1. The number of rotatable bonds is 1. The molecule has 0 aliphatic carbocycles. The van der Waals surface area contributed by atoms with E-state index in [0.717, 1.165) is 62.7 Å². The van der Waals surface area contributed by atoms with Crippen LogP contribution < -0.4 is 4.74 Å². The van der Waals surface area contributed by atoms with Gasteiger partial charge in [-0.1, -0.05) is 27.5 Å². The molecular formula is C20H14BrClN2O. The SMILES string of the molecule is Clc1ccc2nc(-c3c[nH]c4ccc(Br)cc34)c3c(c2c1)OCCC3. The van der Waals surface area contributed by atoms with Crippen molar-refractivity contribution in [2.45, 2.75) is 12.8 Å². The zero-order valence-electron chi connectivity index (χ0n) is 13.3. The fourth-order valence-electron chi connectivity index (χ4n) is 3.58. The van der Waals surface area contributed by atoms with Crippen molar-refractivity contribution in [3.63, 3.8) is 0 Å². The molecule has 124 valence electrons. The van der Waals surface area contributed by atoms with Crippen LogP contribution in [0.5, 0.6) is 5.75 Å². The van der Waals surface area contributed by atoms with Crippen molar-refractivity contribution in [2.24, 2.45) is 0 Å². The van der Waals surface area contributed by atoms with Crippen LogP contribution in [0.1, 0.15) is 12.0 Å². The lowest BCUT2D eigenvalue weighted by molar-refractivity contribution is 0.292. The summed E-state index contributed by atoms with van der Waals surface area (Å²) in [5, 5.41) is 2.85. The molecule has 0 amide bonds. The maximum absolute atomic E-state index is 6.20. The minimum Gasteiger partial charge on any atom is -0.492 e. The van der Waals surface area contributed by atoms with E-state index in [4.69, 9.17) is 21.3 Å². The zero-order valence-corrected chi connectivity index (χ0v) is 15.6. The summed E-state index contributed by atoms with van der Waals surface area (Å²) >= 11 is 9.78. The topological polar surface area (TPSA) is 37.9 Å². The molecule has 5 rings (SSSR count). The van der Waals surface area contributed by atoms with Crippen LogP contribution in [-0.4, -0.2) is 16.6 Å². The van der Waals surface area contributed by atoms with Gasteiger partial charge in [0.05, 0.1) is 17.8 Å². The fourth-order valence-corrected chi connectivity index (χ4v) is 4.11. The molecule has 1 aliphatic heterocycles. The van der Waals surface area contributed by atoms with Gasteiger partial charge in [-0.05, 0) is 49.2 Å². The van der Waals surface area contributed by atoms with Crippen LogP contribution in [0.3, 0.4) is 0 Å². The van der Waals surface area contributed by atoms with E-state index < -0.39 is 0 Å². The van der Waals surface area contributed by atoms with Crippen LogP contribution in [0.25, 0.3) is 33.1 Å². The molecule has 0 radical (unpaired) electrons. The molecule has 0 saturated heterocycles. The Kier molecular flexibility index (Phi) is 3.50. The fraction of sp³-hybridized carbons (Fsp3) is 0.150. The summed E-state index contributed by atoms with van der Waals surface area (Å²) in [7, 11) is 0. The predicted molar refractivity (Wildman–Crippen MR) is 106 cm³/mol. The summed E-state index contributed by atoms with van der Waals surface area (Å²) in [5.41, 5.74) is 5.27. The lowest BCUT2D eigenvalue weighted by Gasteiger charge is -2.22. The lowest BCUT2D eigenvalue weighted by Crippen LogP contribution is -2.11. The molecule has 1 aliphatic rings. The molecule has 0 bridgehead atoms. The summed E-state index contributed by atoms with van der Waals surface area (Å²) in [5.74, 6) is 0.929. The number of H-pyrrole nitrogens is 1. The molecular weight excluding hydrogens is 400 g/mol. The molecule has 0 spiro atoms. The van der Waals surface area contributed by atoms with Gasteiger partial charge < -0.3 is 9.72 Å². The second-order valence-electron chi connectivity index (χ2n) is 6.27. The Morgan fingerprint density at radius 2 is 2.04 bits per heavy atom. The van der Waals surface area contributed by atoms with Crippen LogP contribution in [-0.2, 0) is 6.42 Å². The summed E-state index contributed by atoms with van der Waals surface area (Å²) < 4.78 is 7.10. The molecule has 0 saturated carbocycles. The number of nitrogens with one attached hydrogen (secondary N) is 1. The smallest absolute Gasteiger partial charge is 0.134 e. The first-order valence-corrected chi connectivity index (χ1v) is 9.40. The number of benzene rings is 2. The molecule has 0 atom stereocenters. The molecule has 2 aromatic carbocycles. The van der Waals surface area contributed by atoms with Crippen LogP contribution >= 0.6 is 27.5 Å². The summed E-state index contributed by atoms with van der Waals surface area (Å²) in [6, 6.07) is 12.0. The highest BCUT2D eigenvalue weighted by atomic mass is 79.9. The maximum atomic E-state index is 6.20. The number of aromatic amines is 1. The second-order valence-corrected chi connectivity index (χ2v) is 7.63. The Hall–Kier alpha value is -2.04. The quantitative estimate of drug-likeness (QED) is 0.408. The molecule has 2 aromatic heterocycles. The Bertz CT molecular complexity index is 1140. The molecule has 3 heterocycles. The van der Waals surface area contributed by atoms with Crippen molar-refractivity contribution in [2.75, 3.05) is 6.61 Å². The van der Waals surface area contributed by atoms with Gasteiger partial charge in [-0.3, -0.25) is 0 Å². The molecule has 5 heteroatoms. The minimum absolute atomic E-state index is 0.703. The van der Waals surface area contributed by atoms with E-state index in [1.807, 2.05) is 30.5 Å². The summed E-state index contributed by atoms with van der Waals surface area (Å²) in [6.07, 6.45) is 4.00. The standard InChI is InChI=1S/C20H14BrClN2O/c21-11-3-5-17-14(8-11)16(10-23-17)19-13-2-1-7-25-20(13)15-9-12(22)4-6-18(15)24-19/h3-6,8-10,23H,1-2,7H2. The molecule has 1 N–H and O–H groups in total. The molecule has 25 heavy (non-hydrogen) atoms. The lowest BCUT2D eigenvalue weighted by atomic mass is 9.97. The van der Waals surface area contributed by atoms with Crippen molar-refractivity contribution in [1.29, 1.82) is 0 Å². The number of hydrogen-bond donors (Lipinski definition) is 1. The van der Waals surface area contributed by atoms with Crippen molar-refractivity contribution in [3.8, 4) is 17.0 Å². The van der Waals surface area contributed by atoms with Gasteiger partial charge in [-0.2, -0.15) is 0 Å². The minimum atomic E-state index is 0.703. The van der Waals surface area contributed by atoms with Gasteiger partial charge in [0.1, 0.15) is 5.75 Å². The van der Waals surface area contributed by atoms with Crippen molar-refractivity contribution < 1.29 is 4.74 Å². The van der Waals surface area contributed by atoms with Gasteiger partial charge in [0.2, 0.25) is 0 Å². The first-order valence-electron chi connectivity index (χ1n) is 8.22. The van der Waals surface area contributed by atoms with Gasteiger partial charge in [-0.15, -0.1) is 0 Å². The van der Waals surface area contributed by atoms with E-state index >= 15 is 0 Å². The zero-order chi connectivity index (χ0) is 17.0. The van der Waals surface area contributed by atoms with E-state index in [-0.39, 0.29) is 0 Å². The maximum Gasteiger partial charge on any atom is 0.134 e. The summed E-state index contributed by atoms with van der Waals surface area (Å²) in [6.45, 7) is 0.734. The summed E-state index contributed by atoms with van der Waals surface area (Å²) in [4.78, 5) is 8.33. The number of halogens is 2. The van der Waals surface area contributed by atoms with Gasteiger partial charge in [-0.25, -0.2) is 4.98 Å². The van der Waals surface area contributed by atoms with Gasteiger partial charge >= 0.3 is 0 Å². The highest BCUT2D eigenvalue weighted by Crippen LogP contribution is 2.41. The molecule has 0 fully saturated rings. The molecule has 3 nitrogen and oxygen atoms in total. The van der Waals surface area contributed by atoms with E-state index in [1.165, 1.54) is 5.56 Å². The molecule has 4 aromatic rings. The van der Waals surface area contributed by atoms with Crippen LogP contribution in [0, 0.1) is 0 Å². The average molecular weight is 414 g/mol. The van der Waals surface area contributed by atoms with E-state index in [1.54, 1.807) is 0 Å². The van der Waals surface area contributed by atoms with Gasteiger partial charge in [0.15, 0.2) is 0 Å². The first kappa shape index (κ1) is 15.2. The third-order valence-corrected chi connectivity index (χ3v) is 5.44. The van der Waals surface area contributed by atoms with Crippen LogP contribution in [0.2, 0.25) is 5.02 Å². The number of aromatic nitrogens is 2. The first-order chi connectivity index (χ1) is 12.2. The normalized spacial score (nSPS) is 13.8. The van der Waals surface area contributed by atoms with Crippen LogP contribution in [0.15, 0.2) is 47.1 Å². The Balaban J connectivity index is 1.86. The molecule has 0 unspecified atom stereocenters. The average Bonchev–Trinajstić information content (AvgIpc) is 3.04. The van der Waals surface area contributed by atoms with Gasteiger partial charge in [0, 0.05) is 43.1 Å². The predicted octanol–water partition coefficient (Wildman–Crippen LogP) is 6.12. The Labute approximate surface area is 158 Å². The van der Waals surface area contributed by atoms with Crippen LogP contribution in [0.4, 0.5) is 0 Å². The van der Waals surface area contributed by atoms with Crippen molar-refractivity contribution in [1.82, 2.24) is 9.97 Å². The van der Waals surface area contributed by atoms with E-state index in [9.17, 15) is 0 Å². The third-order valence-electron chi connectivity index (χ3n) is 4.71. The van der Waals surface area contributed by atoms with Gasteiger partial charge in [0.25, 0.3) is 0 Å². The Morgan fingerprint density at radius 1 is 1.12 bits per heavy atom. The number of hydrogen-bond acceptors (Lipinski definition) is 2. The second kappa shape index (κ2) is 5.75. The van der Waals surface area contributed by atoms with E-state index in [0.29, 0.717) is 5.02 Å². The highest BCUT2D eigenvalue weighted by molar-refractivity contribution is 9.10. The third kappa shape index (κ3) is 2.43. The number of nitrogens with zero attached hydrogens (tertiary/aromatic N) is 1. The van der Waals surface area contributed by atoms with Crippen molar-refractivity contribution >= 4 is 49.3 Å². The monoisotopic (exact) mass is 412 g/mol. The highest BCUT2D eigenvalue weighted by Gasteiger charge is 2.22. The van der Waals surface area contributed by atoms with Crippen molar-refractivity contribution in [3.05, 3.63) is 57.7 Å². The Morgan fingerprint density at radius 3 is 2.96 bits per heavy atom. The number of ether oxygens (including phenoxy) is 1. The largest absolute Gasteiger partial charge is 0.492 e. The van der Waals surface area contributed by atoms with E-state index in [2.05, 4.69) is 33.0 Å².